The van der Waals surface area contributed by atoms with Gasteiger partial charge in [0.2, 0.25) is 0 Å². The molecule has 0 aliphatic rings. The third-order valence-corrected chi connectivity index (χ3v) is 2.34. The van der Waals surface area contributed by atoms with Gasteiger partial charge in [-0.25, -0.2) is 9.78 Å². The molecule has 88 valence electrons. The van der Waals surface area contributed by atoms with Gasteiger partial charge in [0.05, 0.1) is 16.9 Å². The summed E-state index contributed by atoms with van der Waals surface area (Å²) in [6.07, 6.45) is 1.83. The molecular formula is C11H13N5O. The summed E-state index contributed by atoms with van der Waals surface area (Å²) in [6, 6.07) is 7.12. The Balaban J connectivity index is 2.11. The highest BCUT2D eigenvalue weighted by molar-refractivity contribution is 5.89. The average molecular weight is 231 g/mol. The van der Waals surface area contributed by atoms with Crippen LogP contribution in [0, 0.1) is 5.41 Å². The largest absolute Gasteiger partial charge is 0.388 e. The van der Waals surface area contributed by atoms with Gasteiger partial charge in [0.15, 0.2) is 0 Å². The number of nitrogens with zero attached hydrogens (tertiary/aromatic N) is 2. The highest BCUT2D eigenvalue weighted by atomic mass is 16.2. The number of nitrogens with one attached hydrogen (secondary N) is 2. The summed E-state index contributed by atoms with van der Waals surface area (Å²) in [5.41, 5.74) is 6.73. The molecule has 1 aromatic heterocycles. The minimum Gasteiger partial charge on any atom is -0.388 e. The summed E-state index contributed by atoms with van der Waals surface area (Å²) >= 11 is 0. The van der Waals surface area contributed by atoms with Gasteiger partial charge in [-0.1, -0.05) is 12.1 Å². The van der Waals surface area contributed by atoms with E-state index in [4.69, 9.17) is 11.1 Å². The highest BCUT2D eigenvalue weighted by Gasteiger charge is 2.08. The van der Waals surface area contributed by atoms with Crippen molar-refractivity contribution in [2.24, 2.45) is 5.73 Å². The number of nitrogens with two attached hydrogens (primary N) is 1. The van der Waals surface area contributed by atoms with Crippen LogP contribution in [0.3, 0.4) is 0 Å². The predicted molar refractivity (Wildman–Crippen MR) is 65.1 cm³/mol. The summed E-state index contributed by atoms with van der Waals surface area (Å²) in [5.74, 6) is 0.0563. The van der Waals surface area contributed by atoms with Crippen molar-refractivity contribution in [1.82, 2.24) is 14.9 Å². The Kier molecular flexibility index (Phi) is 3.04. The Labute approximate surface area is 97.9 Å². The Hall–Kier alpha value is -2.37. The van der Waals surface area contributed by atoms with Crippen LogP contribution in [0.1, 0.15) is 6.42 Å². The van der Waals surface area contributed by atoms with Crippen molar-refractivity contribution in [2.45, 2.75) is 6.42 Å². The van der Waals surface area contributed by atoms with E-state index in [0.29, 0.717) is 13.0 Å². The monoisotopic (exact) mass is 231 g/mol. The van der Waals surface area contributed by atoms with Gasteiger partial charge in [-0.2, -0.15) is 0 Å². The first-order chi connectivity index (χ1) is 8.18. The number of amides is 1. The molecule has 0 unspecified atom stereocenters. The molecule has 1 heterocycles. The van der Waals surface area contributed by atoms with E-state index in [-0.39, 0.29) is 11.9 Å². The van der Waals surface area contributed by atoms with E-state index in [1.165, 1.54) is 10.9 Å². The summed E-state index contributed by atoms with van der Waals surface area (Å²) < 4.78 is 1.44. The summed E-state index contributed by atoms with van der Waals surface area (Å²) in [5, 5.41) is 9.72. The highest BCUT2D eigenvalue weighted by Crippen LogP contribution is 2.10. The van der Waals surface area contributed by atoms with E-state index in [0.717, 1.165) is 11.0 Å². The zero-order chi connectivity index (χ0) is 12.3. The van der Waals surface area contributed by atoms with E-state index < -0.39 is 0 Å². The Morgan fingerprint density at radius 2 is 2.24 bits per heavy atom. The first-order valence-electron chi connectivity index (χ1n) is 5.21. The molecular weight excluding hydrogens is 218 g/mol. The lowest BCUT2D eigenvalue weighted by Crippen LogP contribution is -2.31. The summed E-state index contributed by atoms with van der Waals surface area (Å²) in [6.45, 7) is 0.348. The van der Waals surface area contributed by atoms with Crippen molar-refractivity contribution in [3.8, 4) is 0 Å². The zero-order valence-electron chi connectivity index (χ0n) is 9.18. The number of hydrogen-bond acceptors (Lipinski definition) is 3. The van der Waals surface area contributed by atoms with Gasteiger partial charge in [-0.15, -0.1) is 0 Å². The van der Waals surface area contributed by atoms with E-state index in [1.54, 1.807) is 0 Å². The number of fused-ring (bicyclic) bond motifs is 1. The first-order valence-corrected chi connectivity index (χ1v) is 5.21. The Morgan fingerprint density at radius 3 is 3.00 bits per heavy atom. The number of para-hydroxylation sites is 2. The standard InChI is InChI=1S/C11H13N5O/c12-10(13)5-6-14-11(17)16-7-15-8-3-1-2-4-9(8)16/h1-4,7H,5-6H2,(H3,12,13)(H,14,17). The maximum atomic E-state index is 11.8. The van der Waals surface area contributed by atoms with Crippen LogP contribution in [-0.2, 0) is 0 Å². The predicted octanol–water partition coefficient (Wildman–Crippen LogP) is 0.920. The second-order valence-corrected chi connectivity index (χ2v) is 3.61. The van der Waals surface area contributed by atoms with Crippen molar-refractivity contribution >= 4 is 22.9 Å². The SMILES string of the molecule is N=C(N)CCNC(=O)n1cnc2ccccc21. The molecule has 1 amide bonds. The van der Waals surface area contributed by atoms with Crippen molar-refractivity contribution < 1.29 is 4.79 Å². The van der Waals surface area contributed by atoms with Crippen molar-refractivity contribution in [2.75, 3.05) is 6.54 Å². The van der Waals surface area contributed by atoms with E-state index in [1.807, 2.05) is 24.3 Å². The van der Waals surface area contributed by atoms with E-state index in [2.05, 4.69) is 10.3 Å². The Morgan fingerprint density at radius 1 is 1.47 bits per heavy atom. The van der Waals surface area contributed by atoms with Gasteiger partial charge in [0, 0.05) is 13.0 Å². The van der Waals surface area contributed by atoms with Crippen LogP contribution < -0.4 is 11.1 Å². The maximum absolute atomic E-state index is 11.8. The maximum Gasteiger partial charge on any atom is 0.327 e. The van der Waals surface area contributed by atoms with E-state index in [9.17, 15) is 4.79 Å². The van der Waals surface area contributed by atoms with Crippen LogP contribution in [-0.4, -0.2) is 28.0 Å². The van der Waals surface area contributed by atoms with Gasteiger partial charge in [-0.05, 0) is 12.1 Å². The smallest absolute Gasteiger partial charge is 0.327 e. The summed E-state index contributed by atoms with van der Waals surface area (Å²) in [4.78, 5) is 15.9. The second-order valence-electron chi connectivity index (χ2n) is 3.61. The van der Waals surface area contributed by atoms with Crippen LogP contribution in [0.25, 0.3) is 11.0 Å². The lowest BCUT2D eigenvalue weighted by Gasteiger charge is -2.05. The van der Waals surface area contributed by atoms with E-state index >= 15 is 0 Å². The third kappa shape index (κ3) is 2.41. The molecule has 6 heteroatoms. The molecule has 2 rings (SSSR count). The first kappa shape index (κ1) is 11.1. The number of carbonyl (C=O) groups is 1. The molecule has 0 aliphatic heterocycles. The molecule has 0 bridgehead atoms. The fraction of sp³-hybridized carbons (Fsp3) is 0.182. The van der Waals surface area contributed by atoms with Gasteiger partial charge in [-0.3, -0.25) is 9.98 Å². The van der Waals surface area contributed by atoms with Crippen molar-refractivity contribution in [1.29, 1.82) is 5.41 Å². The number of hydrogen-bond donors (Lipinski definition) is 3. The second kappa shape index (κ2) is 4.65. The molecule has 0 radical (unpaired) electrons. The number of aromatic nitrogens is 2. The number of carbonyl (C=O) groups excluding carboxylic acids is 1. The van der Waals surface area contributed by atoms with Crippen LogP contribution in [0.4, 0.5) is 4.79 Å². The normalized spacial score (nSPS) is 10.4. The summed E-state index contributed by atoms with van der Waals surface area (Å²) in [7, 11) is 0. The molecule has 6 nitrogen and oxygen atoms in total. The number of rotatable bonds is 3. The van der Waals surface area contributed by atoms with Crippen LogP contribution >= 0.6 is 0 Å². The minimum atomic E-state index is -0.264. The van der Waals surface area contributed by atoms with Gasteiger partial charge >= 0.3 is 6.03 Å². The van der Waals surface area contributed by atoms with Gasteiger partial charge in [0.1, 0.15) is 6.33 Å². The molecule has 0 aliphatic carbocycles. The minimum absolute atomic E-state index is 0.0563. The molecule has 0 atom stereocenters. The molecule has 17 heavy (non-hydrogen) atoms. The van der Waals surface area contributed by atoms with Crippen molar-refractivity contribution in [3.63, 3.8) is 0 Å². The number of imidazole rings is 1. The quantitative estimate of drug-likeness (QED) is 0.541. The van der Waals surface area contributed by atoms with Gasteiger partial charge < -0.3 is 11.1 Å². The fourth-order valence-electron chi connectivity index (χ4n) is 1.51. The van der Waals surface area contributed by atoms with Gasteiger partial charge in [0.25, 0.3) is 0 Å². The molecule has 0 saturated heterocycles. The fourth-order valence-corrected chi connectivity index (χ4v) is 1.51. The molecule has 0 spiro atoms. The van der Waals surface area contributed by atoms with Crippen LogP contribution in [0.15, 0.2) is 30.6 Å². The van der Waals surface area contributed by atoms with Crippen LogP contribution in [0.2, 0.25) is 0 Å². The molecule has 1 aromatic carbocycles. The van der Waals surface area contributed by atoms with Crippen molar-refractivity contribution in [3.05, 3.63) is 30.6 Å². The Bertz CT molecular complexity index is 560. The zero-order valence-corrected chi connectivity index (χ0v) is 9.18. The number of amidine groups is 1. The third-order valence-electron chi connectivity index (χ3n) is 2.34. The molecule has 4 N–H and O–H groups in total. The molecule has 2 aromatic rings. The van der Waals surface area contributed by atoms with Crippen LogP contribution in [0.5, 0.6) is 0 Å². The molecule has 0 saturated carbocycles. The lowest BCUT2D eigenvalue weighted by atomic mass is 10.3. The average Bonchev–Trinajstić information content (AvgIpc) is 2.72. The topological polar surface area (TPSA) is 96.8 Å². The lowest BCUT2D eigenvalue weighted by molar-refractivity contribution is 0.243. The molecule has 0 fully saturated rings. The number of benzene rings is 1.